The van der Waals surface area contributed by atoms with Gasteiger partial charge in [0.15, 0.2) is 5.71 Å². The van der Waals surface area contributed by atoms with Gasteiger partial charge < -0.3 is 24.6 Å². The molecule has 0 spiro atoms. The van der Waals surface area contributed by atoms with E-state index < -0.39 is 39.2 Å². The molecule has 2 aromatic rings. The number of tetrazole rings is 1. The van der Waals surface area contributed by atoms with Gasteiger partial charge in [0.2, 0.25) is 9.96 Å². The number of hydrogen-bond acceptors (Lipinski definition) is 14. The summed E-state index contributed by atoms with van der Waals surface area (Å²) in [7, 11) is 0.670. The Kier molecular flexibility index (Phi) is 10.0. The number of carbonyl (C=O) groups is 3. The summed E-state index contributed by atoms with van der Waals surface area (Å²) in [6.07, 6.45) is 0.936. The largest absolute Gasteiger partial charge is 1.00 e. The molecule has 39 heavy (non-hydrogen) atoms. The maximum Gasteiger partial charge on any atom is 1.00 e. The molecule has 2 aliphatic rings. The fourth-order valence-electron chi connectivity index (χ4n) is 3.59. The number of fused-ring (bicyclic) bond motifs is 1. The van der Waals surface area contributed by atoms with Gasteiger partial charge in [-0.25, -0.2) is 13.1 Å². The number of aliphatic carboxylic acids is 1. The van der Waals surface area contributed by atoms with Crippen molar-refractivity contribution < 1.29 is 62.3 Å². The number of nitrogens with zero attached hydrogens (tertiary/aromatic N) is 8. The van der Waals surface area contributed by atoms with Crippen LogP contribution in [0.3, 0.4) is 0 Å². The average molecular weight is 626 g/mol. The van der Waals surface area contributed by atoms with Gasteiger partial charge in [0, 0.05) is 31.0 Å². The van der Waals surface area contributed by atoms with Gasteiger partial charge in [-0.15, -0.1) is 32.6 Å². The van der Waals surface area contributed by atoms with Crippen LogP contribution in [0.25, 0.3) is 0 Å². The molecule has 1 fully saturated rings. The number of thiazole rings is 1. The standard InChI is InChI=1S/C18H21N9O7S4.Na/c1-25-9(7-37-18(25)22-38(4,32)33)10(21-34-3)13(28)19-11-14(29)27-12(16(30)31)8(5-35-15(11)27)6-36-17-20-23-24-26(17)2;/h7,11,15H,5-6H2,1-4H3,(H,19,28)(H,30,31);/q;+1/p-1/t11?,15-;/m1./s1. The van der Waals surface area contributed by atoms with Gasteiger partial charge >= 0.3 is 29.6 Å². The third-order valence-corrected chi connectivity index (χ3v) is 9.27. The Morgan fingerprint density at radius 2 is 2.08 bits per heavy atom. The van der Waals surface area contributed by atoms with Gasteiger partial charge in [-0.2, -0.15) is 0 Å². The number of aromatic nitrogens is 5. The predicted octanol–water partition coefficient (Wildman–Crippen LogP) is -5.98. The van der Waals surface area contributed by atoms with Crippen molar-refractivity contribution in [3.63, 3.8) is 0 Å². The number of sulfonamides is 1. The van der Waals surface area contributed by atoms with E-state index in [4.69, 9.17) is 4.84 Å². The molecule has 4 rings (SSSR count). The smallest absolute Gasteiger partial charge is 0.543 e. The van der Waals surface area contributed by atoms with Crippen LogP contribution < -0.4 is 44.8 Å². The van der Waals surface area contributed by atoms with Crippen molar-refractivity contribution in [3.05, 3.63) is 27.1 Å². The van der Waals surface area contributed by atoms with Crippen molar-refractivity contribution in [3.8, 4) is 0 Å². The number of rotatable bonds is 9. The number of amides is 2. The molecule has 4 heterocycles. The number of carbonyl (C=O) groups excluding carboxylic acids is 3. The van der Waals surface area contributed by atoms with Crippen LogP contribution >= 0.6 is 34.9 Å². The zero-order valence-electron chi connectivity index (χ0n) is 21.2. The number of oxime groups is 1. The molecule has 204 valence electrons. The van der Waals surface area contributed by atoms with Crippen molar-refractivity contribution in [1.29, 1.82) is 0 Å². The first-order valence-corrected chi connectivity index (χ1v) is 15.2. The quantitative estimate of drug-likeness (QED) is 0.0909. The normalized spacial score (nSPS) is 19.8. The molecule has 2 amide bonds. The monoisotopic (exact) mass is 625 g/mol. The summed E-state index contributed by atoms with van der Waals surface area (Å²) >= 11 is 3.47. The van der Waals surface area contributed by atoms with Crippen molar-refractivity contribution in [1.82, 2.24) is 35.0 Å². The summed E-state index contributed by atoms with van der Waals surface area (Å²) in [5.41, 5.74) is 0.197. The summed E-state index contributed by atoms with van der Waals surface area (Å²) in [6.45, 7) is 0. The van der Waals surface area contributed by atoms with E-state index in [1.807, 2.05) is 0 Å². The van der Waals surface area contributed by atoms with Crippen molar-refractivity contribution in [2.45, 2.75) is 16.6 Å². The van der Waals surface area contributed by atoms with E-state index in [1.54, 1.807) is 7.05 Å². The van der Waals surface area contributed by atoms with Crippen molar-refractivity contribution in [2.75, 3.05) is 24.9 Å². The number of hydrogen-bond donors (Lipinski definition) is 1. The number of carboxylic acids is 1. The fourth-order valence-corrected chi connectivity index (χ4v) is 7.65. The van der Waals surface area contributed by atoms with E-state index in [-0.39, 0.29) is 63.0 Å². The third-order valence-electron chi connectivity index (χ3n) is 5.29. The van der Waals surface area contributed by atoms with Gasteiger partial charge in [-0.1, -0.05) is 16.9 Å². The van der Waals surface area contributed by atoms with Crippen LogP contribution in [0.2, 0.25) is 0 Å². The van der Waals surface area contributed by atoms with Gasteiger partial charge in [-0.05, 0) is 16.0 Å². The van der Waals surface area contributed by atoms with Gasteiger partial charge in [0.25, 0.3) is 21.8 Å². The Hall–Kier alpha value is -2.23. The zero-order chi connectivity index (χ0) is 27.8. The SMILES string of the molecule is CON=C(C(=O)NC1C(=O)N2C(C(=O)[O-])=C(CSc3nnnn3C)CS[C@H]12)c1csc(=NS(C)(=O)=O)n1C.[Na+]. The number of thioether (sulfide) groups is 2. The second kappa shape index (κ2) is 12.5. The first-order valence-electron chi connectivity index (χ1n) is 10.5. The van der Waals surface area contributed by atoms with Crippen LogP contribution in [0.1, 0.15) is 5.69 Å². The minimum absolute atomic E-state index is 0. The maximum atomic E-state index is 13.1. The molecule has 0 aliphatic carbocycles. The summed E-state index contributed by atoms with van der Waals surface area (Å²) < 4.78 is 29.5. The van der Waals surface area contributed by atoms with E-state index in [0.29, 0.717) is 10.7 Å². The molecule has 1 N–H and O–H groups in total. The third kappa shape index (κ3) is 6.57. The Bertz CT molecular complexity index is 1550. The average Bonchev–Trinajstić information content (AvgIpc) is 3.42. The molecule has 1 unspecified atom stereocenters. The molecule has 1 saturated heterocycles. The van der Waals surface area contributed by atoms with E-state index in [1.165, 1.54) is 52.3 Å². The Morgan fingerprint density at radius 3 is 2.67 bits per heavy atom. The van der Waals surface area contributed by atoms with Crippen LogP contribution in [0.15, 0.2) is 31.4 Å². The topological polar surface area (TPSA) is 206 Å². The van der Waals surface area contributed by atoms with Crippen LogP contribution in [0, 0.1) is 0 Å². The minimum atomic E-state index is -3.69. The molecule has 0 bridgehead atoms. The maximum absolute atomic E-state index is 13.1. The van der Waals surface area contributed by atoms with Crippen molar-refractivity contribution >= 4 is 68.4 Å². The Labute approximate surface area is 256 Å². The summed E-state index contributed by atoms with van der Waals surface area (Å²) in [4.78, 5) is 44.1. The summed E-state index contributed by atoms with van der Waals surface area (Å²) in [5, 5.41) is 30.7. The molecule has 2 aromatic heterocycles. The Balaban J connectivity index is 0.00000420. The van der Waals surface area contributed by atoms with E-state index >= 15 is 0 Å². The van der Waals surface area contributed by atoms with Crippen LogP contribution in [0.5, 0.6) is 0 Å². The second-order valence-corrected chi connectivity index (χ2v) is 12.4. The number of β-lactam (4-membered cyclic amide) rings is 1. The predicted molar refractivity (Wildman–Crippen MR) is 134 cm³/mol. The van der Waals surface area contributed by atoms with Gasteiger partial charge in [0.1, 0.15) is 18.5 Å². The number of nitrogens with one attached hydrogen (secondary N) is 1. The molecule has 2 atom stereocenters. The van der Waals surface area contributed by atoms with Crippen molar-refractivity contribution in [2.24, 2.45) is 23.6 Å². The van der Waals surface area contributed by atoms with Crippen LogP contribution in [-0.4, -0.2) is 97.9 Å². The van der Waals surface area contributed by atoms with Crippen LogP contribution in [-0.2, 0) is 43.3 Å². The summed E-state index contributed by atoms with van der Waals surface area (Å²) in [5.74, 6) is -2.42. The Morgan fingerprint density at radius 1 is 1.36 bits per heavy atom. The van der Waals surface area contributed by atoms with E-state index in [2.05, 4.69) is 30.4 Å². The molecular formula is C18H20N9NaO7S4. The molecule has 16 nitrogen and oxygen atoms in total. The van der Waals surface area contributed by atoms with E-state index in [0.717, 1.165) is 22.5 Å². The molecule has 0 radical (unpaired) electrons. The van der Waals surface area contributed by atoms with Gasteiger partial charge in [-0.3, -0.25) is 14.5 Å². The molecule has 21 heteroatoms. The number of aryl methyl sites for hydroxylation is 1. The minimum Gasteiger partial charge on any atom is -0.543 e. The summed E-state index contributed by atoms with van der Waals surface area (Å²) in [6, 6.07) is -1.04. The molecule has 2 aliphatic heterocycles. The van der Waals surface area contributed by atoms with E-state index in [9.17, 15) is 27.9 Å². The molecule has 0 saturated carbocycles. The van der Waals surface area contributed by atoms with Gasteiger partial charge in [0.05, 0.1) is 23.6 Å². The molecular weight excluding hydrogens is 606 g/mol. The van der Waals surface area contributed by atoms with Crippen LogP contribution in [0.4, 0.5) is 0 Å². The first kappa shape index (κ1) is 31.3. The second-order valence-electron chi connectivity index (χ2n) is 7.88. The zero-order valence-corrected chi connectivity index (χ0v) is 26.5. The fraction of sp³-hybridized carbons (Fsp3) is 0.444. The number of carboxylic acid groups (broad SMARTS) is 1. The molecule has 0 aromatic carbocycles. The first-order chi connectivity index (χ1) is 17.9.